The van der Waals surface area contributed by atoms with E-state index in [1.54, 1.807) is 0 Å². The number of benzene rings is 1. The van der Waals surface area contributed by atoms with Gasteiger partial charge in [-0.25, -0.2) is 0 Å². The van der Waals surface area contributed by atoms with Gasteiger partial charge in [0.1, 0.15) is 0 Å². The third-order valence-corrected chi connectivity index (χ3v) is 4.62. The fraction of sp³-hybridized carbons (Fsp3) is 0.667. The van der Waals surface area contributed by atoms with Crippen molar-refractivity contribution in [3.63, 3.8) is 0 Å². The molecule has 3 nitrogen and oxygen atoms in total. The van der Waals surface area contributed by atoms with E-state index in [0.29, 0.717) is 6.04 Å². The Bertz CT molecular complexity index is 456. The van der Waals surface area contributed by atoms with Crippen LogP contribution in [0.2, 0.25) is 0 Å². The molecule has 1 saturated heterocycles. The second-order valence-electron chi connectivity index (χ2n) is 6.73. The number of likely N-dealkylation sites (N-methyl/N-ethyl adjacent to an activating group) is 1. The lowest BCUT2D eigenvalue weighted by atomic mass is 9.99. The molecule has 1 aliphatic rings. The smallest absolute Gasteiger partial charge is 0.0417 e. The summed E-state index contributed by atoms with van der Waals surface area (Å²) in [6.45, 7) is 6.70. The van der Waals surface area contributed by atoms with E-state index in [2.05, 4.69) is 55.9 Å². The summed E-state index contributed by atoms with van der Waals surface area (Å²) >= 11 is 0. The molecule has 2 atom stereocenters. The van der Waals surface area contributed by atoms with Crippen LogP contribution in [-0.2, 0) is 6.42 Å². The third-order valence-electron chi connectivity index (χ3n) is 4.62. The van der Waals surface area contributed by atoms with Gasteiger partial charge >= 0.3 is 0 Å². The Morgan fingerprint density at radius 1 is 1.38 bits per heavy atom. The molecule has 0 aromatic heterocycles. The number of hydrogen-bond donors (Lipinski definition) is 1. The molecule has 1 heterocycles. The standard InChI is InChI=1S/C18H31N3/c1-5-16(19)12-15-8-9-17(11-14(15)2)21-10-6-7-18(21)13-20(3)4/h8-9,11,16,18H,5-7,10,12-13,19H2,1-4H3. The fourth-order valence-electron chi connectivity index (χ4n) is 3.30. The van der Waals surface area contributed by atoms with Crippen molar-refractivity contribution in [2.45, 2.75) is 51.6 Å². The zero-order valence-electron chi connectivity index (χ0n) is 14.1. The van der Waals surface area contributed by atoms with E-state index in [9.17, 15) is 0 Å². The predicted octanol–water partition coefficient (Wildman–Crippen LogP) is 2.81. The van der Waals surface area contributed by atoms with Crippen molar-refractivity contribution in [3.8, 4) is 0 Å². The molecule has 0 aliphatic carbocycles. The minimum atomic E-state index is 0.280. The van der Waals surface area contributed by atoms with Crippen LogP contribution in [-0.4, -0.2) is 44.2 Å². The van der Waals surface area contributed by atoms with Crippen molar-refractivity contribution in [2.75, 3.05) is 32.1 Å². The molecule has 118 valence electrons. The van der Waals surface area contributed by atoms with E-state index < -0.39 is 0 Å². The Kier molecular flexibility index (Phi) is 5.65. The number of hydrogen-bond acceptors (Lipinski definition) is 3. The van der Waals surface area contributed by atoms with Gasteiger partial charge in [0, 0.05) is 30.9 Å². The maximum atomic E-state index is 6.10. The molecule has 0 spiro atoms. The third kappa shape index (κ3) is 4.21. The summed E-state index contributed by atoms with van der Waals surface area (Å²) in [5.41, 5.74) is 10.3. The molecule has 2 N–H and O–H groups in total. The van der Waals surface area contributed by atoms with Gasteiger partial charge in [-0.1, -0.05) is 13.0 Å². The summed E-state index contributed by atoms with van der Waals surface area (Å²) in [5.74, 6) is 0. The van der Waals surface area contributed by atoms with Gasteiger partial charge in [-0.3, -0.25) is 0 Å². The molecule has 0 amide bonds. The Morgan fingerprint density at radius 2 is 2.14 bits per heavy atom. The van der Waals surface area contributed by atoms with E-state index in [1.807, 2.05) is 0 Å². The lowest BCUT2D eigenvalue weighted by Gasteiger charge is -2.29. The first-order valence-electron chi connectivity index (χ1n) is 8.27. The minimum absolute atomic E-state index is 0.280. The number of nitrogens with two attached hydrogens (primary N) is 1. The molecule has 1 fully saturated rings. The molecule has 21 heavy (non-hydrogen) atoms. The molecule has 0 bridgehead atoms. The number of nitrogens with zero attached hydrogens (tertiary/aromatic N) is 2. The first-order chi connectivity index (χ1) is 10.0. The van der Waals surface area contributed by atoms with Crippen LogP contribution in [0.15, 0.2) is 18.2 Å². The second kappa shape index (κ2) is 7.28. The van der Waals surface area contributed by atoms with Crippen molar-refractivity contribution in [3.05, 3.63) is 29.3 Å². The normalized spacial score (nSPS) is 20.3. The summed E-state index contributed by atoms with van der Waals surface area (Å²) in [6.07, 6.45) is 4.64. The highest BCUT2D eigenvalue weighted by Gasteiger charge is 2.25. The molecule has 1 aliphatic heterocycles. The quantitative estimate of drug-likeness (QED) is 0.874. The van der Waals surface area contributed by atoms with Gasteiger partial charge < -0.3 is 15.5 Å². The Morgan fingerprint density at radius 3 is 2.76 bits per heavy atom. The Balaban J connectivity index is 2.11. The van der Waals surface area contributed by atoms with Gasteiger partial charge in [0.15, 0.2) is 0 Å². The van der Waals surface area contributed by atoms with Gasteiger partial charge in [0.05, 0.1) is 0 Å². The lowest BCUT2D eigenvalue weighted by Crippen LogP contribution is -2.37. The van der Waals surface area contributed by atoms with E-state index in [1.165, 1.54) is 36.2 Å². The zero-order valence-corrected chi connectivity index (χ0v) is 14.1. The molecule has 2 unspecified atom stereocenters. The van der Waals surface area contributed by atoms with Crippen LogP contribution in [0.3, 0.4) is 0 Å². The fourth-order valence-corrected chi connectivity index (χ4v) is 3.30. The first-order valence-corrected chi connectivity index (χ1v) is 8.27. The van der Waals surface area contributed by atoms with E-state index in [-0.39, 0.29) is 6.04 Å². The average molecular weight is 289 g/mol. The highest BCUT2D eigenvalue weighted by molar-refractivity contribution is 5.52. The van der Waals surface area contributed by atoms with Gasteiger partial charge in [-0.2, -0.15) is 0 Å². The van der Waals surface area contributed by atoms with Crippen molar-refractivity contribution < 1.29 is 0 Å². The van der Waals surface area contributed by atoms with Crippen LogP contribution in [0.1, 0.15) is 37.3 Å². The molecule has 1 aromatic carbocycles. The maximum Gasteiger partial charge on any atom is 0.0417 e. The average Bonchev–Trinajstić information content (AvgIpc) is 2.88. The number of aryl methyl sites for hydroxylation is 1. The van der Waals surface area contributed by atoms with Crippen LogP contribution in [0.5, 0.6) is 0 Å². The van der Waals surface area contributed by atoms with Gasteiger partial charge in [0.2, 0.25) is 0 Å². The molecule has 2 rings (SSSR count). The second-order valence-corrected chi connectivity index (χ2v) is 6.73. The summed E-state index contributed by atoms with van der Waals surface area (Å²) in [6, 6.07) is 7.86. The van der Waals surface area contributed by atoms with Crippen molar-refractivity contribution >= 4 is 5.69 Å². The summed E-state index contributed by atoms with van der Waals surface area (Å²) in [4.78, 5) is 4.88. The number of rotatable bonds is 6. The van der Waals surface area contributed by atoms with E-state index >= 15 is 0 Å². The molecule has 0 radical (unpaired) electrons. The van der Waals surface area contributed by atoms with Gasteiger partial charge in [-0.05, 0) is 70.0 Å². The minimum Gasteiger partial charge on any atom is -0.367 e. The molecule has 1 aromatic rings. The van der Waals surface area contributed by atoms with Crippen molar-refractivity contribution in [1.29, 1.82) is 0 Å². The Labute approximate surface area is 130 Å². The predicted molar refractivity (Wildman–Crippen MR) is 92.1 cm³/mol. The molecular weight excluding hydrogens is 258 g/mol. The van der Waals surface area contributed by atoms with Gasteiger partial charge in [-0.15, -0.1) is 0 Å². The lowest BCUT2D eigenvalue weighted by molar-refractivity contribution is 0.372. The largest absolute Gasteiger partial charge is 0.367 e. The highest BCUT2D eigenvalue weighted by Crippen LogP contribution is 2.28. The van der Waals surface area contributed by atoms with Crippen LogP contribution in [0.25, 0.3) is 0 Å². The summed E-state index contributed by atoms with van der Waals surface area (Å²) in [7, 11) is 4.33. The molecule has 0 saturated carbocycles. The van der Waals surface area contributed by atoms with E-state index in [0.717, 1.165) is 19.4 Å². The van der Waals surface area contributed by atoms with Gasteiger partial charge in [0.25, 0.3) is 0 Å². The number of anilines is 1. The van der Waals surface area contributed by atoms with Crippen LogP contribution >= 0.6 is 0 Å². The Hall–Kier alpha value is -1.06. The maximum absolute atomic E-state index is 6.10. The van der Waals surface area contributed by atoms with Crippen LogP contribution < -0.4 is 10.6 Å². The topological polar surface area (TPSA) is 32.5 Å². The molecular formula is C18H31N3. The van der Waals surface area contributed by atoms with Crippen molar-refractivity contribution in [2.24, 2.45) is 5.73 Å². The monoisotopic (exact) mass is 289 g/mol. The van der Waals surface area contributed by atoms with Crippen LogP contribution in [0, 0.1) is 6.92 Å². The molecule has 3 heteroatoms. The summed E-state index contributed by atoms with van der Waals surface area (Å²) < 4.78 is 0. The summed E-state index contributed by atoms with van der Waals surface area (Å²) in [5, 5.41) is 0. The SMILES string of the molecule is CCC(N)Cc1ccc(N2CCCC2CN(C)C)cc1C. The van der Waals surface area contributed by atoms with Crippen LogP contribution in [0.4, 0.5) is 5.69 Å². The van der Waals surface area contributed by atoms with Crippen molar-refractivity contribution in [1.82, 2.24) is 4.90 Å². The first kappa shape index (κ1) is 16.3. The van der Waals surface area contributed by atoms with E-state index in [4.69, 9.17) is 5.73 Å². The highest BCUT2D eigenvalue weighted by atomic mass is 15.2. The zero-order chi connectivity index (χ0) is 15.4.